The maximum atomic E-state index is 16.8. The van der Waals surface area contributed by atoms with Gasteiger partial charge in [-0.05, 0) is 43.0 Å². The minimum Gasteiger partial charge on any atom is -0.508 e. The van der Waals surface area contributed by atoms with Crippen molar-refractivity contribution in [3.8, 4) is 28.9 Å². The Morgan fingerprint density at radius 1 is 1.14 bits per heavy atom. The number of alkyl halides is 1. The molecule has 8 rings (SSSR count). The molecule has 2 aromatic heterocycles. The first-order valence-corrected chi connectivity index (χ1v) is 14.8. The van der Waals surface area contributed by atoms with Crippen LogP contribution in [0.15, 0.2) is 30.8 Å². The summed E-state index contributed by atoms with van der Waals surface area (Å²) in [6.45, 7) is 6.61. The van der Waals surface area contributed by atoms with Crippen molar-refractivity contribution < 1.29 is 32.5 Å². The standard InChI is InChI=1S/C32H30F3N5O4/c1-2-21-23(34)5-4-17-10-20(41)11-22(24(17)21)27-26(35)28-25-29(40-8-9-42-14-19(40)15-43-30(25)36-27)38-31(37-28)44-16-32-6-3-7-39(32)13-18(33)12-32/h2,4-5,10-11,18-19,41H,1,3,6-9,12-16H2/t18-,19+,32+/m1/s1. The third-order valence-electron chi connectivity index (χ3n) is 9.40. The van der Waals surface area contributed by atoms with Crippen molar-refractivity contribution in [1.29, 1.82) is 0 Å². The Kier molecular flexibility index (Phi) is 6.35. The average molecular weight is 606 g/mol. The number of aromatic nitrogens is 3. The lowest BCUT2D eigenvalue weighted by molar-refractivity contribution is 0.0774. The molecule has 12 heteroatoms. The minimum atomic E-state index is -0.927. The summed E-state index contributed by atoms with van der Waals surface area (Å²) in [5, 5.41) is 11.7. The molecule has 0 unspecified atom stereocenters. The van der Waals surface area contributed by atoms with Gasteiger partial charge in [0.1, 0.15) is 53.4 Å². The number of benzene rings is 2. The summed E-state index contributed by atoms with van der Waals surface area (Å²) in [6.07, 6.45) is 2.54. The lowest BCUT2D eigenvalue weighted by Crippen LogP contribution is -2.48. The van der Waals surface area contributed by atoms with Crippen LogP contribution in [0.25, 0.3) is 39.0 Å². The van der Waals surface area contributed by atoms with Gasteiger partial charge in [-0.2, -0.15) is 9.97 Å². The first-order valence-electron chi connectivity index (χ1n) is 14.8. The molecule has 0 amide bonds. The first-order chi connectivity index (χ1) is 21.3. The molecule has 6 heterocycles. The van der Waals surface area contributed by atoms with E-state index >= 15 is 4.39 Å². The van der Waals surface area contributed by atoms with E-state index in [0.717, 1.165) is 19.4 Å². The molecule has 0 radical (unpaired) electrons. The van der Waals surface area contributed by atoms with E-state index in [2.05, 4.69) is 21.4 Å². The number of hydrogen-bond donors (Lipinski definition) is 1. The van der Waals surface area contributed by atoms with Gasteiger partial charge in [-0.15, -0.1) is 0 Å². The molecule has 2 aromatic carbocycles. The van der Waals surface area contributed by atoms with Crippen LogP contribution in [0.3, 0.4) is 0 Å². The number of rotatable bonds is 5. The smallest absolute Gasteiger partial charge is 0.319 e. The van der Waals surface area contributed by atoms with Gasteiger partial charge in [-0.25, -0.2) is 18.2 Å². The van der Waals surface area contributed by atoms with Crippen molar-refractivity contribution in [2.45, 2.75) is 37.0 Å². The highest BCUT2D eigenvalue weighted by Gasteiger charge is 2.49. The Morgan fingerprint density at radius 3 is 2.89 bits per heavy atom. The molecule has 3 atom stereocenters. The van der Waals surface area contributed by atoms with Gasteiger partial charge in [0.25, 0.3) is 0 Å². The quantitative estimate of drug-likeness (QED) is 0.337. The first kappa shape index (κ1) is 27.4. The summed E-state index contributed by atoms with van der Waals surface area (Å²) < 4.78 is 64.3. The van der Waals surface area contributed by atoms with Crippen LogP contribution >= 0.6 is 0 Å². The lowest BCUT2D eigenvalue weighted by Gasteiger charge is -2.35. The molecule has 9 nitrogen and oxygen atoms in total. The second-order valence-electron chi connectivity index (χ2n) is 12.0. The topological polar surface area (TPSA) is 93.1 Å². The number of fused-ring (bicyclic) bond motifs is 4. The van der Waals surface area contributed by atoms with E-state index in [9.17, 15) is 13.9 Å². The fourth-order valence-corrected chi connectivity index (χ4v) is 7.39. The van der Waals surface area contributed by atoms with Crippen LogP contribution in [-0.2, 0) is 4.74 Å². The Bertz CT molecular complexity index is 1840. The predicted octanol–water partition coefficient (Wildman–Crippen LogP) is 5.02. The molecular formula is C32H30F3N5O4. The highest BCUT2D eigenvalue weighted by atomic mass is 19.1. The zero-order valence-corrected chi connectivity index (χ0v) is 23.9. The molecule has 3 saturated heterocycles. The summed E-state index contributed by atoms with van der Waals surface area (Å²) in [7, 11) is 0. The van der Waals surface area contributed by atoms with Crippen molar-refractivity contribution in [2.75, 3.05) is 51.0 Å². The van der Waals surface area contributed by atoms with E-state index in [0.29, 0.717) is 49.3 Å². The SMILES string of the molecule is C=Cc1c(F)ccc2cc(O)cc(-c3nc4c5c(nc(OC[C@@]67CCCN6C[C@H](F)C7)nc5c3F)N3CCOC[C@H]3CO4)c12. The van der Waals surface area contributed by atoms with E-state index in [1.165, 1.54) is 30.3 Å². The van der Waals surface area contributed by atoms with E-state index in [4.69, 9.17) is 19.2 Å². The maximum absolute atomic E-state index is 16.8. The van der Waals surface area contributed by atoms with E-state index in [1.54, 1.807) is 0 Å². The van der Waals surface area contributed by atoms with E-state index in [-0.39, 0.29) is 64.6 Å². The Morgan fingerprint density at radius 2 is 2.02 bits per heavy atom. The van der Waals surface area contributed by atoms with Crippen molar-refractivity contribution in [3.63, 3.8) is 0 Å². The molecule has 3 fully saturated rings. The highest BCUT2D eigenvalue weighted by molar-refractivity contribution is 6.05. The summed E-state index contributed by atoms with van der Waals surface area (Å²) >= 11 is 0. The fraction of sp³-hybridized carbons (Fsp3) is 0.406. The fourth-order valence-electron chi connectivity index (χ4n) is 7.39. The molecule has 0 bridgehead atoms. The number of pyridine rings is 1. The molecule has 0 spiro atoms. The van der Waals surface area contributed by atoms with Gasteiger partial charge in [-0.3, -0.25) is 4.90 Å². The second-order valence-corrected chi connectivity index (χ2v) is 12.0. The molecule has 1 N–H and O–H groups in total. The molecule has 4 aromatic rings. The normalized spacial score (nSPS) is 24.7. The number of phenolic OH excluding ortho intramolecular Hbond substituents is 1. The molecule has 4 aliphatic rings. The summed E-state index contributed by atoms with van der Waals surface area (Å²) in [5.41, 5.74) is -0.404. The summed E-state index contributed by atoms with van der Waals surface area (Å²) in [5.74, 6) is -0.971. The van der Waals surface area contributed by atoms with Gasteiger partial charge in [0, 0.05) is 36.0 Å². The van der Waals surface area contributed by atoms with Gasteiger partial charge in [0.15, 0.2) is 5.82 Å². The number of phenols is 1. The van der Waals surface area contributed by atoms with Crippen LogP contribution in [-0.4, -0.2) is 88.8 Å². The van der Waals surface area contributed by atoms with Crippen LogP contribution in [0.4, 0.5) is 19.0 Å². The van der Waals surface area contributed by atoms with E-state index < -0.39 is 23.3 Å². The average Bonchev–Trinajstić information content (AvgIpc) is 3.49. The number of nitrogens with zero attached hydrogens (tertiary/aromatic N) is 5. The van der Waals surface area contributed by atoms with Gasteiger partial charge in [0.05, 0.1) is 24.8 Å². The van der Waals surface area contributed by atoms with Crippen LogP contribution in [0.5, 0.6) is 17.6 Å². The minimum absolute atomic E-state index is 0.0382. The third-order valence-corrected chi connectivity index (χ3v) is 9.40. The number of aromatic hydroxyl groups is 1. The number of hydrogen-bond acceptors (Lipinski definition) is 9. The molecule has 0 aliphatic carbocycles. The van der Waals surface area contributed by atoms with Crippen LogP contribution in [0.1, 0.15) is 24.8 Å². The second kappa shape index (κ2) is 10.2. The number of morpholine rings is 1. The van der Waals surface area contributed by atoms with Crippen LogP contribution in [0.2, 0.25) is 0 Å². The van der Waals surface area contributed by atoms with E-state index in [1.807, 2.05) is 4.90 Å². The van der Waals surface area contributed by atoms with Crippen molar-refractivity contribution in [3.05, 3.63) is 48.0 Å². The highest BCUT2D eigenvalue weighted by Crippen LogP contribution is 2.44. The zero-order valence-electron chi connectivity index (χ0n) is 23.9. The van der Waals surface area contributed by atoms with Crippen LogP contribution in [0, 0.1) is 11.6 Å². The Balaban J connectivity index is 1.33. The molecule has 44 heavy (non-hydrogen) atoms. The molecule has 228 valence electrons. The third kappa shape index (κ3) is 4.18. The summed E-state index contributed by atoms with van der Waals surface area (Å²) in [6, 6.07) is 5.33. The van der Waals surface area contributed by atoms with Gasteiger partial charge in [-0.1, -0.05) is 18.7 Å². The lowest BCUT2D eigenvalue weighted by atomic mass is 9.95. The van der Waals surface area contributed by atoms with Crippen LogP contribution < -0.4 is 14.4 Å². The van der Waals surface area contributed by atoms with Crippen molar-refractivity contribution in [2.24, 2.45) is 0 Å². The van der Waals surface area contributed by atoms with Crippen molar-refractivity contribution >= 4 is 33.6 Å². The maximum Gasteiger partial charge on any atom is 0.319 e. The predicted molar refractivity (Wildman–Crippen MR) is 158 cm³/mol. The number of halogens is 3. The zero-order chi connectivity index (χ0) is 30.2. The van der Waals surface area contributed by atoms with Crippen molar-refractivity contribution in [1.82, 2.24) is 19.9 Å². The molecule has 0 saturated carbocycles. The number of anilines is 1. The Hall–Kier alpha value is -4.16. The molecular weight excluding hydrogens is 575 g/mol. The summed E-state index contributed by atoms with van der Waals surface area (Å²) in [4.78, 5) is 18.0. The Labute approximate surface area is 250 Å². The largest absolute Gasteiger partial charge is 0.508 e. The molecule has 4 aliphatic heterocycles. The number of ether oxygens (including phenoxy) is 3. The van der Waals surface area contributed by atoms with Gasteiger partial charge in [0.2, 0.25) is 5.88 Å². The van der Waals surface area contributed by atoms with Gasteiger partial charge >= 0.3 is 6.01 Å². The van der Waals surface area contributed by atoms with Gasteiger partial charge < -0.3 is 24.2 Å². The monoisotopic (exact) mass is 605 g/mol.